The summed E-state index contributed by atoms with van der Waals surface area (Å²) in [6, 6.07) is 0. The maximum Gasteiger partial charge on any atom is 0.326 e. The molecule has 2 heterocycles. The molecule has 5 heteroatoms. The molecule has 0 bridgehead atoms. The molecule has 0 radical (unpaired) electrons. The Labute approximate surface area is 92.7 Å². The van der Waals surface area contributed by atoms with Crippen LogP contribution in [0.3, 0.4) is 0 Å². The first kappa shape index (κ1) is 10.8. The lowest BCUT2D eigenvalue weighted by Crippen LogP contribution is -2.55. The number of carbonyl (C=O) groups excluding carboxylic acids is 2. The number of carbonyl (C=O) groups is 2. The van der Waals surface area contributed by atoms with Crippen LogP contribution in [0.15, 0.2) is 0 Å². The molecule has 0 aromatic rings. The Morgan fingerprint density at radius 3 is 2.00 bits per heavy atom. The monoisotopic (exact) mass is 230 g/mol. The van der Waals surface area contributed by atoms with Gasteiger partial charge in [0.15, 0.2) is 5.41 Å². The van der Waals surface area contributed by atoms with Gasteiger partial charge in [0.05, 0.1) is 0 Å². The second-order valence-electron chi connectivity index (χ2n) is 4.37. The van der Waals surface area contributed by atoms with Gasteiger partial charge in [0.2, 0.25) is 0 Å². The van der Waals surface area contributed by atoms with E-state index in [0.717, 1.165) is 11.5 Å². The summed E-state index contributed by atoms with van der Waals surface area (Å²) in [5, 5.41) is 0. The van der Waals surface area contributed by atoms with Crippen molar-refractivity contribution in [2.24, 2.45) is 5.41 Å². The van der Waals surface area contributed by atoms with Gasteiger partial charge in [-0.2, -0.15) is 11.8 Å². The lowest BCUT2D eigenvalue weighted by molar-refractivity contribution is -0.251. The molecule has 0 N–H and O–H groups in total. The SMILES string of the molecule is CC1(C)OC(=O)C2(CCSCC2)C(=O)O1. The average molecular weight is 230 g/mol. The molecular formula is C10H14O4S. The first-order chi connectivity index (χ1) is 6.96. The van der Waals surface area contributed by atoms with Gasteiger partial charge in [-0.3, -0.25) is 9.59 Å². The number of esters is 2. The van der Waals surface area contributed by atoms with Crippen LogP contribution in [0.1, 0.15) is 26.7 Å². The van der Waals surface area contributed by atoms with Gasteiger partial charge in [-0.25, -0.2) is 0 Å². The number of hydrogen-bond donors (Lipinski definition) is 0. The molecule has 4 nitrogen and oxygen atoms in total. The third-order valence-corrected chi connectivity index (χ3v) is 3.79. The van der Waals surface area contributed by atoms with Gasteiger partial charge in [-0.05, 0) is 24.3 Å². The molecule has 0 amide bonds. The Morgan fingerprint density at radius 2 is 1.53 bits per heavy atom. The molecule has 0 saturated carbocycles. The predicted molar refractivity (Wildman–Crippen MR) is 55.3 cm³/mol. The minimum atomic E-state index is -1.11. The van der Waals surface area contributed by atoms with Crippen LogP contribution in [0, 0.1) is 5.41 Å². The van der Waals surface area contributed by atoms with Crippen LogP contribution < -0.4 is 0 Å². The molecule has 0 aromatic carbocycles. The summed E-state index contributed by atoms with van der Waals surface area (Å²) in [7, 11) is 0. The van der Waals surface area contributed by atoms with Gasteiger partial charge in [0, 0.05) is 13.8 Å². The highest BCUT2D eigenvalue weighted by Gasteiger charge is 2.56. The van der Waals surface area contributed by atoms with Gasteiger partial charge < -0.3 is 9.47 Å². The van der Waals surface area contributed by atoms with Crippen LogP contribution in [-0.2, 0) is 19.1 Å². The number of rotatable bonds is 0. The van der Waals surface area contributed by atoms with Crippen molar-refractivity contribution in [1.29, 1.82) is 0 Å². The summed E-state index contributed by atoms with van der Waals surface area (Å²) >= 11 is 1.75. The molecule has 2 saturated heterocycles. The van der Waals surface area contributed by atoms with Crippen molar-refractivity contribution < 1.29 is 19.1 Å². The van der Waals surface area contributed by atoms with Gasteiger partial charge in [0.1, 0.15) is 0 Å². The molecule has 0 aliphatic carbocycles. The molecule has 15 heavy (non-hydrogen) atoms. The molecule has 84 valence electrons. The normalized spacial score (nSPS) is 28.4. The lowest BCUT2D eigenvalue weighted by Gasteiger charge is -2.41. The van der Waals surface area contributed by atoms with Crippen molar-refractivity contribution >= 4 is 23.7 Å². The Kier molecular flexibility index (Phi) is 2.45. The van der Waals surface area contributed by atoms with Crippen LogP contribution in [0.25, 0.3) is 0 Å². The van der Waals surface area contributed by atoms with E-state index < -0.39 is 23.1 Å². The molecule has 0 unspecified atom stereocenters. The number of hydrogen-bond acceptors (Lipinski definition) is 5. The molecule has 2 rings (SSSR count). The van der Waals surface area contributed by atoms with Crippen molar-refractivity contribution in [3.63, 3.8) is 0 Å². The number of cyclic esters (lactones) is 2. The van der Waals surface area contributed by atoms with Crippen LogP contribution in [-0.4, -0.2) is 29.2 Å². The van der Waals surface area contributed by atoms with E-state index in [1.165, 1.54) is 0 Å². The fourth-order valence-electron chi connectivity index (χ4n) is 1.87. The summed E-state index contributed by atoms with van der Waals surface area (Å²) in [6.07, 6.45) is 1.07. The highest BCUT2D eigenvalue weighted by atomic mass is 32.2. The Morgan fingerprint density at radius 1 is 1.07 bits per heavy atom. The Bertz CT molecular complexity index is 283. The maximum absolute atomic E-state index is 11.9. The van der Waals surface area contributed by atoms with E-state index in [-0.39, 0.29) is 0 Å². The molecule has 0 atom stereocenters. The lowest BCUT2D eigenvalue weighted by atomic mass is 9.81. The van der Waals surface area contributed by atoms with E-state index in [9.17, 15) is 9.59 Å². The largest absolute Gasteiger partial charge is 0.422 e. The standard InChI is InChI=1S/C10H14O4S/c1-9(2)13-7(11)10(8(12)14-9)3-5-15-6-4-10/h3-6H2,1-2H3. The van der Waals surface area contributed by atoms with Crippen LogP contribution >= 0.6 is 11.8 Å². The van der Waals surface area contributed by atoms with Crippen LogP contribution in [0.4, 0.5) is 0 Å². The smallest absolute Gasteiger partial charge is 0.326 e. The first-order valence-corrected chi connectivity index (χ1v) is 6.16. The van der Waals surface area contributed by atoms with Gasteiger partial charge in [-0.15, -0.1) is 0 Å². The minimum absolute atomic E-state index is 0.413. The van der Waals surface area contributed by atoms with Crippen molar-refractivity contribution in [2.75, 3.05) is 11.5 Å². The fourth-order valence-corrected chi connectivity index (χ4v) is 3.06. The third-order valence-electron chi connectivity index (χ3n) is 2.80. The van der Waals surface area contributed by atoms with E-state index in [1.807, 2.05) is 0 Å². The highest BCUT2D eigenvalue weighted by molar-refractivity contribution is 7.99. The summed E-state index contributed by atoms with van der Waals surface area (Å²) in [4.78, 5) is 23.7. The fraction of sp³-hybridized carbons (Fsp3) is 0.800. The molecule has 2 aliphatic heterocycles. The zero-order valence-electron chi connectivity index (χ0n) is 8.87. The van der Waals surface area contributed by atoms with Gasteiger partial charge in [0.25, 0.3) is 5.79 Å². The van der Waals surface area contributed by atoms with E-state index in [0.29, 0.717) is 12.8 Å². The number of thioether (sulfide) groups is 1. The molecule has 2 fully saturated rings. The zero-order chi connectivity index (χ0) is 11.1. The summed E-state index contributed by atoms with van der Waals surface area (Å²) < 4.78 is 10.3. The molecule has 2 aliphatic rings. The Hall–Kier alpha value is -0.710. The quantitative estimate of drug-likeness (QED) is 0.464. The van der Waals surface area contributed by atoms with Crippen molar-refractivity contribution in [3.8, 4) is 0 Å². The van der Waals surface area contributed by atoms with Gasteiger partial charge in [-0.1, -0.05) is 0 Å². The van der Waals surface area contributed by atoms with E-state index in [4.69, 9.17) is 9.47 Å². The van der Waals surface area contributed by atoms with Crippen molar-refractivity contribution in [3.05, 3.63) is 0 Å². The highest BCUT2D eigenvalue weighted by Crippen LogP contribution is 2.42. The van der Waals surface area contributed by atoms with Crippen molar-refractivity contribution in [2.45, 2.75) is 32.5 Å². The Balaban J connectivity index is 2.25. The van der Waals surface area contributed by atoms with Crippen LogP contribution in [0.2, 0.25) is 0 Å². The van der Waals surface area contributed by atoms with Gasteiger partial charge >= 0.3 is 11.9 Å². The molecule has 1 spiro atoms. The predicted octanol–water partition coefficient (Wildman–Crippen LogP) is 1.34. The second-order valence-corrected chi connectivity index (χ2v) is 5.60. The van der Waals surface area contributed by atoms with E-state index in [1.54, 1.807) is 25.6 Å². The maximum atomic E-state index is 11.9. The molecular weight excluding hydrogens is 216 g/mol. The summed E-state index contributed by atoms with van der Waals surface area (Å²) in [5.74, 6) is -0.313. The number of ether oxygens (including phenoxy) is 2. The van der Waals surface area contributed by atoms with Crippen molar-refractivity contribution in [1.82, 2.24) is 0 Å². The van der Waals surface area contributed by atoms with E-state index >= 15 is 0 Å². The minimum Gasteiger partial charge on any atom is -0.422 e. The molecule has 0 aromatic heterocycles. The summed E-state index contributed by atoms with van der Waals surface area (Å²) in [6.45, 7) is 3.15. The average Bonchev–Trinajstić information content (AvgIpc) is 2.15. The first-order valence-electron chi connectivity index (χ1n) is 5.01. The third kappa shape index (κ3) is 1.73. The summed E-state index contributed by atoms with van der Waals surface area (Å²) in [5.41, 5.74) is -1.01. The topological polar surface area (TPSA) is 52.6 Å². The van der Waals surface area contributed by atoms with Crippen LogP contribution in [0.5, 0.6) is 0 Å². The second kappa shape index (κ2) is 3.40. The zero-order valence-corrected chi connectivity index (χ0v) is 9.69. The van der Waals surface area contributed by atoms with E-state index in [2.05, 4.69) is 0 Å².